The van der Waals surface area contributed by atoms with Crippen LogP contribution in [0.25, 0.3) is 0 Å². The van der Waals surface area contributed by atoms with E-state index in [1.54, 1.807) is 18.2 Å². The van der Waals surface area contributed by atoms with Crippen LogP contribution in [0.3, 0.4) is 0 Å². The van der Waals surface area contributed by atoms with Gasteiger partial charge in [0.25, 0.3) is 5.91 Å². The van der Waals surface area contributed by atoms with Crippen molar-refractivity contribution in [3.05, 3.63) is 56.6 Å². The van der Waals surface area contributed by atoms with Gasteiger partial charge in [0, 0.05) is 14.3 Å². The van der Waals surface area contributed by atoms with Gasteiger partial charge in [-0.25, -0.2) is 0 Å². The molecule has 5 heteroatoms. The molecule has 1 N–H and O–H groups in total. The van der Waals surface area contributed by atoms with Gasteiger partial charge in [0.2, 0.25) is 0 Å². The minimum absolute atomic E-state index is 0.227. The summed E-state index contributed by atoms with van der Waals surface area (Å²) in [5.41, 5.74) is 1.19. The quantitative estimate of drug-likeness (QED) is 0.495. The number of hydrogen-bond acceptors (Lipinski definition) is 2. The number of nitrogens with one attached hydrogen (secondary N) is 1. The number of anilines is 1. The third-order valence-electron chi connectivity index (χ3n) is 3.04. The first-order valence-electron chi connectivity index (χ1n) is 7.09. The van der Waals surface area contributed by atoms with Crippen LogP contribution in [0.15, 0.2) is 42.5 Å². The second kappa shape index (κ2) is 8.39. The summed E-state index contributed by atoms with van der Waals surface area (Å²) >= 11 is 8.23. The highest BCUT2D eigenvalue weighted by molar-refractivity contribution is 14.1. The molecule has 0 aromatic heterocycles. The molecule has 0 atom stereocenters. The number of unbranched alkanes of at least 4 members (excludes halogenated alkanes) is 1. The Labute approximate surface area is 149 Å². The van der Waals surface area contributed by atoms with Crippen molar-refractivity contribution in [1.29, 1.82) is 0 Å². The van der Waals surface area contributed by atoms with E-state index in [4.69, 9.17) is 16.3 Å². The van der Waals surface area contributed by atoms with Crippen LogP contribution in [0.5, 0.6) is 5.75 Å². The standard InChI is InChI=1S/C17H17ClINO2/c1-2-3-10-22-16-9-4-12(18)11-15(16)17(21)20-14-7-5-13(19)6-8-14/h4-9,11H,2-3,10H2,1H3,(H,20,21). The maximum Gasteiger partial charge on any atom is 0.259 e. The van der Waals surface area contributed by atoms with Crippen LogP contribution in [0, 0.1) is 3.57 Å². The maximum absolute atomic E-state index is 12.5. The van der Waals surface area contributed by atoms with Gasteiger partial charge >= 0.3 is 0 Å². The van der Waals surface area contributed by atoms with Gasteiger partial charge in [-0.2, -0.15) is 0 Å². The van der Waals surface area contributed by atoms with Crippen LogP contribution in [0.4, 0.5) is 5.69 Å². The number of benzene rings is 2. The number of amides is 1. The van der Waals surface area contributed by atoms with E-state index < -0.39 is 0 Å². The number of carbonyl (C=O) groups excluding carboxylic acids is 1. The van der Waals surface area contributed by atoms with Gasteiger partial charge in [-0.3, -0.25) is 4.79 Å². The van der Waals surface area contributed by atoms with E-state index in [2.05, 4.69) is 34.8 Å². The summed E-state index contributed by atoms with van der Waals surface area (Å²) in [6, 6.07) is 12.7. The predicted octanol–water partition coefficient (Wildman–Crippen LogP) is 5.38. The minimum atomic E-state index is -0.227. The smallest absolute Gasteiger partial charge is 0.259 e. The molecular formula is C17H17ClINO2. The van der Waals surface area contributed by atoms with Crippen molar-refractivity contribution in [3.63, 3.8) is 0 Å². The van der Waals surface area contributed by atoms with Crippen LogP contribution < -0.4 is 10.1 Å². The Morgan fingerprint density at radius 1 is 1.23 bits per heavy atom. The Bertz CT molecular complexity index is 644. The summed E-state index contributed by atoms with van der Waals surface area (Å²) in [5, 5.41) is 3.37. The molecule has 2 rings (SSSR count). The average molecular weight is 430 g/mol. The van der Waals surface area contributed by atoms with E-state index in [1.165, 1.54) is 0 Å². The van der Waals surface area contributed by atoms with Crippen LogP contribution in [0.1, 0.15) is 30.1 Å². The third kappa shape index (κ3) is 4.88. The zero-order chi connectivity index (χ0) is 15.9. The average Bonchev–Trinajstić information content (AvgIpc) is 2.51. The number of rotatable bonds is 6. The normalized spacial score (nSPS) is 10.3. The van der Waals surface area contributed by atoms with E-state index in [1.807, 2.05) is 24.3 Å². The highest BCUT2D eigenvalue weighted by Crippen LogP contribution is 2.24. The summed E-state index contributed by atoms with van der Waals surface area (Å²) in [7, 11) is 0. The molecule has 2 aromatic carbocycles. The lowest BCUT2D eigenvalue weighted by Crippen LogP contribution is -2.14. The summed E-state index contributed by atoms with van der Waals surface area (Å²) in [4.78, 5) is 12.5. The van der Waals surface area contributed by atoms with Crippen LogP contribution >= 0.6 is 34.2 Å². The first kappa shape index (κ1) is 17.1. The summed E-state index contributed by atoms with van der Waals surface area (Å²) in [6.07, 6.45) is 1.98. The van der Waals surface area contributed by atoms with Crippen molar-refractivity contribution in [3.8, 4) is 5.75 Å². The third-order valence-corrected chi connectivity index (χ3v) is 4.00. The number of hydrogen-bond donors (Lipinski definition) is 1. The van der Waals surface area contributed by atoms with Gasteiger partial charge in [-0.05, 0) is 71.5 Å². The molecule has 0 saturated carbocycles. The molecule has 0 fully saturated rings. The molecular weight excluding hydrogens is 413 g/mol. The predicted molar refractivity (Wildman–Crippen MR) is 99.0 cm³/mol. The first-order chi connectivity index (χ1) is 10.6. The zero-order valence-electron chi connectivity index (χ0n) is 12.2. The SMILES string of the molecule is CCCCOc1ccc(Cl)cc1C(=O)Nc1ccc(I)cc1. The van der Waals surface area contributed by atoms with Gasteiger partial charge in [-0.15, -0.1) is 0 Å². The van der Waals surface area contributed by atoms with Crippen LogP contribution in [0.2, 0.25) is 5.02 Å². The Balaban J connectivity index is 2.16. The zero-order valence-corrected chi connectivity index (χ0v) is 15.1. The second-order valence-electron chi connectivity index (χ2n) is 4.80. The molecule has 0 heterocycles. The molecule has 116 valence electrons. The van der Waals surface area contributed by atoms with Crippen molar-refractivity contribution < 1.29 is 9.53 Å². The Morgan fingerprint density at radius 2 is 1.95 bits per heavy atom. The van der Waals surface area contributed by atoms with Crippen LogP contribution in [-0.4, -0.2) is 12.5 Å². The van der Waals surface area contributed by atoms with Crippen molar-refractivity contribution in [2.75, 3.05) is 11.9 Å². The largest absolute Gasteiger partial charge is 0.493 e. The summed E-state index contributed by atoms with van der Waals surface area (Å²) < 4.78 is 6.80. The van der Waals surface area contributed by atoms with E-state index in [9.17, 15) is 4.79 Å². The van der Waals surface area contributed by atoms with Crippen molar-refractivity contribution in [2.24, 2.45) is 0 Å². The highest BCUT2D eigenvalue weighted by Gasteiger charge is 2.14. The molecule has 2 aromatic rings. The number of carbonyl (C=O) groups is 1. The topological polar surface area (TPSA) is 38.3 Å². The molecule has 3 nitrogen and oxygen atoms in total. The lowest BCUT2D eigenvalue weighted by atomic mass is 10.1. The molecule has 0 aliphatic rings. The van der Waals surface area contributed by atoms with Gasteiger partial charge in [-0.1, -0.05) is 24.9 Å². The van der Waals surface area contributed by atoms with E-state index in [-0.39, 0.29) is 5.91 Å². The monoisotopic (exact) mass is 429 g/mol. The minimum Gasteiger partial charge on any atom is -0.493 e. The molecule has 0 aliphatic carbocycles. The maximum atomic E-state index is 12.5. The van der Waals surface area contributed by atoms with Crippen molar-refractivity contribution in [2.45, 2.75) is 19.8 Å². The first-order valence-corrected chi connectivity index (χ1v) is 8.55. The van der Waals surface area contributed by atoms with Gasteiger partial charge < -0.3 is 10.1 Å². The van der Waals surface area contributed by atoms with E-state index in [0.717, 1.165) is 22.1 Å². The van der Waals surface area contributed by atoms with Crippen LogP contribution in [-0.2, 0) is 0 Å². The molecule has 0 aliphatic heterocycles. The Kier molecular flexibility index (Phi) is 6.51. The highest BCUT2D eigenvalue weighted by atomic mass is 127. The number of ether oxygens (including phenoxy) is 1. The lowest BCUT2D eigenvalue weighted by molar-refractivity contribution is 0.102. The fourth-order valence-electron chi connectivity index (χ4n) is 1.86. The summed E-state index contributed by atoms with van der Waals surface area (Å²) in [5.74, 6) is 0.330. The van der Waals surface area contributed by atoms with E-state index >= 15 is 0 Å². The Hall–Kier alpha value is -1.27. The fraction of sp³-hybridized carbons (Fsp3) is 0.235. The van der Waals surface area contributed by atoms with Crippen molar-refractivity contribution in [1.82, 2.24) is 0 Å². The molecule has 0 radical (unpaired) electrons. The van der Waals surface area contributed by atoms with E-state index in [0.29, 0.717) is 22.9 Å². The fourth-order valence-corrected chi connectivity index (χ4v) is 2.40. The molecule has 22 heavy (non-hydrogen) atoms. The summed E-state index contributed by atoms with van der Waals surface area (Å²) in [6.45, 7) is 2.68. The second-order valence-corrected chi connectivity index (χ2v) is 6.49. The lowest BCUT2D eigenvalue weighted by Gasteiger charge is -2.12. The Morgan fingerprint density at radius 3 is 2.64 bits per heavy atom. The molecule has 0 bridgehead atoms. The van der Waals surface area contributed by atoms with Gasteiger partial charge in [0.05, 0.1) is 12.2 Å². The van der Waals surface area contributed by atoms with Gasteiger partial charge in [0.1, 0.15) is 5.75 Å². The molecule has 1 amide bonds. The molecule has 0 spiro atoms. The van der Waals surface area contributed by atoms with Gasteiger partial charge in [0.15, 0.2) is 0 Å². The molecule has 0 unspecified atom stereocenters. The van der Waals surface area contributed by atoms with Crippen molar-refractivity contribution >= 4 is 45.8 Å². The molecule has 0 saturated heterocycles. The number of halogens is 2.